The molecule has 5 rings (SSSR count). The van der Waals surface area contributed by atoms with Gasteiger partial charge in [-0.2, -0.15) is 0 Å². The molecule has 0 aliphatic heterocycles. The second kappa shape index (κ2) is 10.9. The fraction of sp³-hybridized carbons (Fsp3) is 0.0345. The van der Waals surface area contributed by atoms with Gasteiger partial charge in [0.25, 0.3) is 15.9 Å². The summed E-state index contributed by atoms with van der Waals surface area (Å²) >= 11 is 10.7. The largest absolute Gasteiger partial charge is 0.321 e. The zero-order valence-electron chi connectivity index (χ0n) is 20.4. The van der Waals surface area contributed by atoms with Crippen LogP contribution >= 0.6 is 38.9 Å². The number of amides is 1. The van der Waals surface area contributed by atoms with Crippen molar-refractivity contribution in [3.05, 3.63) is 123 Å². The van der Waals surface area contributed by atoms with Crippen molar-refractivity contribution >= 4 is 82.0 Å². The fourth-order valence-electron chi connectivity index (χ4n) is 3.98. The molecule has 0 bridgehead atoms. The molecule has 0 aliphatic carbocycles. The first-order chi connectivity index (χ1) is 18.6. The van der Waals surface area contributed by atoms with Gasteiger partial charge in [-0.05, 0) is 72.1 Å². The number of carbonyl (C=O) groups excluding carboxylic acids is 2. The molecular weight excluding hydrogens is 620 g/mol. The summed E-state index contributed by atoms with van der Waals surface area (Å²) in [6.07, 6.45) is 0. The van der Waals surface area contributed by atoms with Gasteiger partial charge in [-0.15, -0.1) is 11.3 Å². The van der Waals surface area contributed by atoms with Crippen LogP contribution in [0.15, 0.2) is 106 Å². The van der Waals surface area contributed by atoms with Gasteiger partial charge in [-0.3, -0.25) is 13.9 Å². The molecule has 0 atom stereocenters. The second-order valence-electron chi connectivity index (χ2n) is 8.60. The summed E-state index contributed by atoms with van der Waals surface area (Å²) in [5.41, 5.74) is 1.57. The highest BCUT2D eigenvalue weighted by Crippen LogP contribution is 2.32. The van der Waals surface area contributed by atoms with Gasteiger partial charge in [0.2, 0.25) is 0 Å². The first-order valence-corrected chi connectivity index (χ1v) is 15.0. The lowest BCUT2D eigenvalue weighted by atomic mass is 10.0. The van der Waals surface area contributed by atoms with Gasteiger partial charge >= 0.3 is 0 Å². The van der Waals surface area contributed by atoms with Crippen LogP contribution in [-0.4, -0.2) is 27.2 Å². The topological polar surface area (TPSA) is 83.6 Å². The minimum atomic E-state index is -3.77. The van der Waals surface area contributed by atoms with Gasteiger partial charge in [0, 0.05) is 32.4 Å². The van der Waals surface area contributed by atoms with Crippen molar-refractivity contribution in [2.75, 3.05) is 16.7 Å². The smallest absolute Gasteiger partial charge is 0.265 e. The number of fused-ring (bicyclic) bond motifs is 1. The lowest BCUT2D eigenvalue weighted by molar-refractivity contribution is 0.103. The minimum Gasteiger partial charge on any atom is -0.321 e. The predicted octanol–water partition coefficient (Wildman–Crippen LogP) is 7.63. The first-order valence-electron chi connectivity index (χ1n) is 11.6. The predicted molar refractivity (Wildman–Crippen MR) is 161 cm³/mol. The van der Waals surface area contributed by atoms with E-state index in [2.05, 4.69) is 21.2 Å². The summed E-state index contributed by atoms with van der Waals surface area (Å²) in [6.45, 7) is 0. The van der Waals surface area contributed by atoms with Crippen molar-refractivity contribution in [1.82, 2.24) is 0 Å². The summed E-state index contributed by atoms with van der Waals surface area (Å²) in [5.74, 6) is -0.651. The van der Waals surface area contributed by atoms with Gasteiger partial charge < -0.3 is 5.32 Å². The van der Waals surface area contributed by atoms with Crippen LogP contribution in [0.25, 0.3) is 10.1 Å². The van der Waals surface area contributed by atoms with E-state index in [9.17, 15) is 18.0 Å². The number of halogens is 2. The van der Waals surface area contributed by atoms with Crippen LogP contribution in [0.5, 0.6) is 0 Å². The Hall–Kier alpha value is -3.50. The maximum absolute atomic E-state index is 13.2. The monoisotopic (exact) mass is 638 g/mol. The van der Waals surface area contributed by atoms with Crippen LogP contribution in [0, 0.1) is 0 Å². The molecule has 1 amide bonds. The maximum atomic E-state index is 13.2. The van der Waals surface area contributed by atoms with Crippen LogP contribution < -0.4 is 9.62 Å². The molecule has 0 saturated heterocycles. The molecule has 4 aromatic carbocycles. The number of sulfonamides is 1. The number of hydrogen-bond acceptors (Lipinski definition) is 5. The van der Waals surface area contributed by atoms with E-state index in [0.29, 0.717) is 26.8 Å². The number of thiophene rings is 1. The highest BCUT2D eigenvalue weighted by atomic mass is 79.9. The Balaban J connectivity index is 1.41. The van der Waals surface area contributed by atoms with E-state index >= 15 is 0 Å². The van der Waals surface area contributed by atoms with Crippen LogP contribution in [-0.2, 0) is 10.0 Å². The lowest BCUT2D eigenvalue weighted by Gasteiger charge is -2.19. The van der Waals surface area contributed by atoms with Crippen molar-refractivity contribution in [2.24, 2.45) is 0 Å². The summed E-state index contributed by atoms with van der Waals surface area (Å²) in [4.78, 5) is 26.9. The summed E-state index contributed by atoms with van der Waals surface area (Å²) in [7, 11) is -2.28. The number of carbonyl (C=O) groups is 2. The Labute approximate surface area is 243 Å². The van der Waals surface area contributed by atoms with Gasteiger partial charge in [0.1, 0.15) is 0 Å². The average Bonchev–Trinajstić information content (AvgIpc) is 3.37. The molecular formula is C29H20BrClN2O4S2. The molecule has 1 heterocycles. The highest BCUT2D eigenvalue weighted by molar-refractivity contribution is 9.10. The van der Waals surface area contributed by atoms with Gasteiger partial charge in [0.15, 0.2) is 5.78 Å². The van der Waals surface area contributed by atoms with Gasteiger partial charge in [-0.1, -0.05) is 57.9 Å². The van der Waals surface area contributed by atoms with E-state index in [1.165, 1.54) is 40.9 Å². The van der Waals surface area contributed by atoms with Crippen molar-refractivity contribution in [1.29, 1.82) is 0 Å². The molecule has 0 fully saturated rings. The molecule has 0 unspecified atom stereocenters. The lowest BCUT2D eigenvalue weighted by Crippen LogP contribution is -2.26. The Morgan fingerprint density at radius 2 is 1.62 bits per heavy atom. The quantitative estimate of drug-likeness (QED) is 0.186. The third kappa shape index (κ3) is 5.62. The molecule has 1 aromatic heterocycles. The third-order valence-corrected chi connectivity index (χ3v) is 9.75. The zero-order valence-corrected chi connectivity index (χ0v) is 24.4. The zero-order chi connectivity index (χ0) is 27.7. The van der Waals surface area contributed by atoms with Crippen molar-refractivity contribution in [2.45, 2.75) is 4.90 Å². The number of nitrogens with zero attached hydrogens (tertiary/aromatic N) is 1. The maximum Gasteiger partial charge on any atom is 0.265 e. The van der Waals surface area contributed by atoms with E-state index in [1.54, 1.807) is 72.8 Å². The second-order valence-corrected chi connectivity index (χ2v) is 13.0. The molecule has 1 N–H and O–H groups in total. The number of benzene rings is 4. The summed E-state index contributed by atoms with van der Waals surface area (Å²) in [5, 5.41) is 3.93. The summed E-state index contributed by atoms with van der Waals surface area (Å²) < 4.78 is 29.1. The normalized spacial score (nSPS) is 11.4. The molecule has 0 aliphatic rings. The average molecular weight is 640 g/mol. The molecule has 0 radical (unpaired) electrons. The fourth-order valence-corrected chi connectivity index (χ4v) is 6.55. The van der Waals surface area contributed by atoms with Gasteiger partial charge in [-0.25, -0.2) is 8.42 Å². The Kier molecular flexibility index (Phi) is 7.59. The van der Waals surface area contributed by atoms with Gasteiger partial charge in [0.05, 0.1) is 21.1 Å². The minimum absolute atomic E-state index is 0.169. The van der Waals surface area contributed by atoms with Crippen LogP contribution in [0.2, 0.25) is 5.02 Å². The van der Waals surface area contributed by atoms with Crippen molar-refractivity contribution in [3.8, 4) is 0 Å². The standard InChI is InChI=1S/C29H20BrClN2O4S2/c1-33(39(36,37)23-11-7-20(30)8-12-23)22-10-14-26-19(15-22)16-27(38-26)29(35)32-25-13-9-21(31)17-24(25)28(34)18-5-3-2-4-6-18/h2-17H,1H3,(H,32,35). The number of nitrogens with one attached hydrogen (secondary N) is 1. The number of hydrogen-bond donors (Lipinski definition) is 1. The van der Waals surface area contributed by atoms with E-state index in [4.69, 9.17) is 11.6 Å². The van der Waals surface area contributed by atoms with E-state index in [0.717, 1.165) is 14.6 Å². The molecule has 0 saturated carbocycles. The van der Waals surface area contributed by atoms with Crippen LogP contribution in [0.3, 0.4) is 0 Å². The molecule has 5 aromatic rings. The van der Waals surface area contributed by atoms with E-state index in [-0.39, 0.29) is 16.2 Å². The Morgan fingerprint density at radius 3 is 2.33 bits per heavy atom. The van der Waals surface area contributed by atoms with Crippen molar-refractivity contribution in [3.63, 3.8) is 0 Å². The SMILES string of the molecule is CN(c1ccc2sc(C(=O)Nc3ccc(Cl)cc3C(=O)c3ccccc3)cc2c1)S(=O)(=O)c1ccc(Br)cc1. The third-order valence-electron chi connectivity index (χ3n) is 6.07. The molecule has 6 nitrogen and oxygen atoms in total. The van der Waals surface area contributed by atoms with Crippen molar-refractivity contribution < 1.29 is 18.0 Å². The number of anilines is 2. The van der Waals surface area contributed by atoms with Crippen LogP contribution in [0.1, 0.15) is 25.6 Å². The number of ketones is 1. The van der Waals surface area contributed by atoms with E-state index < -0.39 is 15.9 Å². The molecule has 0 spiro atoms. The molecule has 196 valence electrons. The molecule has 39 heavy (non-hydrogen) atoms. The Bertz CT molecular complexity index is 1820. The number of rotatable bonds is 7. The van der Waals surface area contributed by atoms with E-state index in [1.807, 2.05) is 6.07 Å². The van der Waals surface area contributed by atoms with Crippen LogP contribution in [0.4, 0.5) is 11.4 Å². The first kappa shape index (κ1) is 27.1. The Morgan fingerprint density at radius 1 is 0.897 bits per heavy atom. The summed E-state index contributed by atoms with van der Waals surface area (Å²) in [6, 6.07) is 26.8. The highest BCUT2D eigenvalue weighted by Gasteiger charge is 2.22. The molecule has 10 heteroatoms.